The van der Waals surface area contributed by atoms with E-state index in [-0.39, 0.29) is 11.7 Å². The molecule has 0 radical (unpaired) electrons. The summed E-state index contributed by atoms with van der Waals surface area (Å²) in [4.78, 5) is 26.1. The van der Waals surface area contributed by atoms with Gasteiger partial charge in [-0.05, 0) is 42.0 Å². The van der Waals surface area contributed by atoms with Crippen LogP contribution in [0.25, 0.3) is 16.9 Å². The third-order valence-electron chi connectivity index (χ3n) is 6.47. The molecular formula is C26H24FN9O. The summed E-state index contributed by atoms with van der Waals surface area (Å²) in [6, 6.07) is 13.9. The molecule has 4 heterocycles. The Bertz CT molecular complexity index is 1510. The average Bonchev–Trinajstić information content (AvgIpc) is 3.64. The average molecular weight is 498 g/mol. The Morgan fingerprint density at radius 3 is 2.49 bits per heavy atom. The van der Waals surface area contributed by atoms with Crippen molar-refractivity contribution in [2.24, 2.45) is 0 Å². The number of rotatable bonds is 6. The van der Waals surface area contributed by atoms with Gasteiger partial charge in [-0.25, -0.2) is 18.9 Å². The van der Waals surface area contributed by atoms with Gasteiger partial charge in [0, 0.05) is 55.7 Å². The van der Waals surface area contributed by atoms with E-state index >= 15 is 0 Å². The molecular weight excluding hydrogens is 473 g/mol. The zero-order valence-electron chi connectivity index (χ0n) is 19.9. The van der Waals surface area contributed by atoms with E-state index in [1.165, 1.54) is 18.5 Å². The van der Waals surface area contributed by atoms with Gasteiger partial charge in [-0.1, -0.05) is 12.1 Å². The van der Waals surface area contributed by atoms with E-state index in [1.807, 2.05) is 29.2 Å². The van der Waals surface area contributed by atoms with Gasteiger partial charge in [0.15, 0.2) is 11.5 Å². The third kappa shape index (κ3) is 4.76. The van der Waals surface area contributed by atoms with Crippen molar-refractivity contribution in [2.75, 3.05) is 31.5 Å². The molecule has 3 aromatic heterocycles. The Morgan fingerprint density at radius 1 is 0.973 bits per heavy atom. The van der Waals surface area contributed by atoms with E-state index in [0.29, 0.717) is 30.1 Å². The topological polar surface area (TPSA) is 107 Å². The number of carbonyl (C=O) groups excluding carboxylic acids is 1. The lowest BCUT2D eigenvalue weighted by Crippen LogP contribution is -2.48. The number of carbonyl (C=O) groups is 1. The highest BCUT2D eigenvalue weighted by molar-refractivity contribution is 5.94. The Kier molecular flexibility index (Phi) is 6.03. The van der Waals surface area contributed by atoms with Crippen molar-refractivity contribution in [3.8, 4) is 11.3 Å². The highest BCUT2D eigenvalue weighted by Crippen LogP contribution is 2.24. The van der Waals surface area contributed by atoms with E-state index in [2.05, 4.69) is 35.5 Å². The van der Waals surface area contributed by atoms with Crippen LogP contribution in [0.4, 0.5) is 15.9 Å². The molecule has 37 heavy (non-hydrogen) atoms. The van der Waals surface area contributed by atoms with E-state index in [0.717, 1.165) is 42.1 Å². The van der Waals surface area contributed by atoms with E-state index in [1.54, 1.807) is 35.2 Å². The van der Waals surface area contributed by atoms with Gasteiger partial charge in [0.2, 0.25) is 0 Å². The zero-order valence-corrected chi connectivity index (χ0v) is 19.9. The number of nitrogens with one attached hydrogen (secondary N) is 2. The quantitative estimate of drug-likeness (QED) is 0.370. The fraction of sp³-hybridized carbons (Fsp3) is 0.192. The maximum absolute atomic E-state index is 13.1. The summed E-state index contributed by atoms with van der Waals surface area (Å²) in [6.45, 7) is 3.60. The summed E-state index contributed by atoms with van der Waals surface area (Å²) in [5, 5.41) is 14.4. The molecule has 0 saturated carbocycles. The van der Waals surface area contributed by atoms with Gasteiger partial charge >= 0.3 is 0 Å². The molecule has 0 unspecified atom stereocenters. The summed E-state index contributed by atoms with van der Waals surface area (Å²) in [7, 11) is 0. The minimum Gasteiger partial charge on any atom is -0.337 e. The highest BCUT2D eigenvalue weighted by Gasteiger charge is 2.22. The Balaban J connectivity index is 1.09. The minimum atomic E-state index is -0.230. The maximum atomic E-state index is 13.1. The van der Waals surface area contributed by atoms with Crippen molar-refractivity contribution in [1.29, 1.82) is 0 Å². The van der Waals surface area contributed by atoms with Crippen LogP contribution in [0.3, 0.4) is 0 Å². The minimum absolute atomic E-state index is 0.00965. The van der Waals surface area contributed by atoms with Crippen molar-refractivity contribution in [2.45, 2.75) is 6.54 Å². The van der Waals surface area contributed by atoms with Gasteiger partial charge in [-0.15, -0.1) is 0 Å². The van der Waals surface area contributed by atoms with Gasteiger partial charge in [-0.2, -0.15) is 10.2 Å². The third-order valence-corrected chi connectivity index (χ3v) is 6.47. The fourth-order valence-corrected chi connectivity index (χ4v) is 4.47. The molecule has 1 saturated heterocycles. The van der Waals surface area contributed by atoms with Gasteiger partial charge in [0.05, 0.1) is 18.1 Å². The second kappa shape index (κ2) is 9.78. The summed E-state index contributed by atoms with van der Waals surface area (Å²) in [6.07, 6.45) is 6.66. The largest absolute Gasteiger partial charge is 0.337 e. The van der Waals surface area contributed by atoms with Gasteiger partial charge in [0.1, 0.15) is 12.1 Å². The Hall–Kier alpha value is -4.64. The van der Waals surface area contributed by atoms with E-state index < -0.39 is 0 Å². The second-order valence-corrected chi connectivity index (χ2v) is 8.87. The lowest BCUT2D eigenvalue weighted by Gasteiger charge is -2.34. The molecule has 10 nitrogen and oxygen atoms in total. The number of anilines is 2. The van der Waals surface area contributed by atoms with Crippen LogP contribution in [-0.4, -0.2) is 71.7 Å². The Labute approximate surface area is 211 Å². The molecule has 2 N–H and O–H groups in total. The first-order chi connectivity index (χ1) is 18.1. The molecule has 186 valence electrons. The van der Waals surface area contributed by atoms with Crippen LogP contribution in [0, 0.1) is 5.82 Å². The maximum Gasteiger partial charge on any atom is 0.253 e. The normalized spacial score (nSPS) is 14.2. The molecule has 0 aliphatic carbocycles. The predicted octanol–water partition coefficient (Wildman–Crippen LogP) is 3.36. The fourth-order valence-electron chi connectivity index (χ4n) is 4.47. The molecule has 0 bridgehead atoms. The smallest absolute Gasteiger partial charge is 0.253 e. The number of H-pyrrole nitrogens is 1. The van der Waals surface area contributed by atoms with Crippen molar-refractivity contribution >= 4 is 23.1 Å². The van der Waals surface area contributed by atoms with Crippen LogP contribution < -0.4 is 5.32 Å². The molecule has 1 aliphatic rings. The van der Waals surface area contributed by atoms with Gasteiger partial charge in [0.25, 0.3) is 5.91 Å². The standard InChI is InChI=1S/C26H24FN9O/c27-21-5-1-18(2-6-21)16-34-9-11-35(12-10-34)26(37)19-3-7-22(8-4-19)33-24-25-29-17-32-36(25)23(15-28-24)20-13-30-31-14-20/h1-8,13-15,17H,9-12,16H2,(H,28,33)(H,30,31). The molecule has 6 rings (SSSR count). The Morgan fingerprint density at radius 2 is 1.76 bits per heavy atom. The van der Waals surface area contributed by atoms with Crippen LogP contribution >= 0.6 is 0 Å². The van der Waals surface area contributed by atoms with Crippen LogP contribution in [0.1, 0.15) is 15.9 Å². The molecule has 1 aliphatic heterocycles. The molecule has 1 amide bonds. The summed E-state index contributed by atoms with van der Waals surface area (Å²) in [5.74, 6) is 0.336. The first-order valence-electron chi connectivity index (χ1n) is 11.9. The number of aromatic nitrogens is 6. The predicted molar refractivity (Wildman–Crippen MR) is 136 cm³/mol. The summed E-state index contributed by atoms with van der Waals surface area (Å²) >= 11 is 0. The number of aromatic amines is 1. The number of hydrogen-bond acceptors (Lipinski definition) is 7. The van der Waals surface area contributed by atoms with Crippen LogP contribution in [0.15, 0.2) is 73.4 Å². The number of benzene rings is 2. The molecule has 1 fully saturated rings. The molecule has 2 aromatic carbocycles. The van der Waals surface area contributed by atoms with Crippen LogP contribution in [0.5, 0.6) is 0 Å². The molecule has 5 aromatic rings. The lowest BCUT2D eigenvalue weighted by molar-refractivity contribution is 0.0628. The lowest BCUT2D eigenvalue weighted by atomic mass is 10.1. The SMILES string of the molecule is O=C(c1ccc(Nc2ncc(-c3cn[nH]c3)n3ncnc23)cc1)N1CCN(Cc2ccc(F)cc2)CC1. The summed E-state index contributed by atoms with van der Waals surface area (Å²) < 4.78 is 14.8. The zero-order chi connectivity index (χ0) is 25.2. The monoisotopic (exact) mass is 497 g/mol. The van der Waals surface area contributed by atoms with Crippen molar-refractivity contribution < 1.29 is 9.18 Å². The van der Waals surface area contributed by atoms with E-state index in [9.17, 15) is 9.18 Å². The number of halogens is 1. The van der Waals surface area contributed by atoms with Crippen LogP contribution in [-0.2, 0) is 6.54 Å². The van der Waals surface area contributed by atoms with Crippen molar-refractivity contribution in [3.63, 3.8) is 0 Å². The first kappa shape index (κ1) is 22.8. The molecule has 0 spiro atoms. The van der Waals surface area contributed by atoms with Gasteiger partial charge < -0.3 is 10.2 Å². The highest BCUT2D eigenvalue weighted by atomic mass is 19.1. The van der Waals surface area contributed by atoms with Gasteiger partial charge in [-0.3, -0.25) is 14.8 Å². The van der Waals surface area contributed by atoms with Crippen molar-refractivity contribution in [1.82, 2.24) is 39.6 Å². The second-order valence-electron chi connectivity index (χ2n) is 8.87. The number of piperazine rings is 1. The number of nitrogens with zero attached hydrogens (tertiary/aromatic N) is 7. The number of amides is 1. The molecule has 11 heteroatoms. The summed E-state index contributed by atoms with van der Waals surface area (Å²) in [5.41, 5.74) is 4.69. The molecule has 0 atom stereocenters. The van der Waals surface area contributed by atoms with Crippen LogP contribution in [0.2, 0.25) is 0 Å². The number of hydrogen-bond donors (Lipinski definition) is 2. The van der Waals surface area contributed by atoms with Crippen molar-refractivity contribution in [3.05, 3.63) is 90.4 Å². The number of fused-ring (bicyclic) bond motifs is 1. The first-order valence-corrected chi connectivity index (χ1v) is 11.9. The van der Waals surface area contributed by atoms with E-state index in [4.69, 9.17) is 0 Å².